The lowest BCUT2D eigenvalue weighted by Crippen LogP contribution is -2.37. The molecule has 1 atom stereocenters. The Balaban J connectivity index is 2.22. The zero-order valence-electron chi connectivity index (χ0n) is 11.5. The lowest BCUT2D eigenvalue weighted by atomic mass is 10.1. The first-order valence-corrected chi connectivity index (χ1v) is 6.17. The van der Waals surface area contributed by atoms with Crippen molar-refractivity contribution < 1.29 is 28.2 Å². The van der Waals surface area contributed by atoms with Gasteiger partial charge in [0.05, 0.1) is 6.54 Å². The number of para-hydroxylation sites is 1. The van der Waals surface area contributed by atoms with Crippen molar-refractivity contribution in [3.8, 4) is 0 Å². The van der Waals surface area contributed by atoms with Gasteiger partial charge in [-0.15, -0.1) is 0 Å². The van der Waals surface area contributed by atoms with Gasteiger partial charge in [0.1, 0.15) is 0 Å². The van der Waals surface area contributed by atoms with Crippen molar-refractivity contribution in [3.05, 3.63) is 35.3 Å². The van der Waals surface area contributed by atoms with E-state index in [2.05, 4.69) is 5.32 Å². The van der Waals surface area contributed by atoms with Crippen molar-refractivity contribution in [1.29, 1.82) is 0 Å². The van der Waals surface area contributed by atoms with Crippen LogP contribution in [0.3, 0.4) is 0 Å². The number of hydrogen-bond acceptors (Lipinski definition) is 4. The normalized spacial score (nSPS) is 12.3. The largest absolute Gasteiger partial charge is 0.479 e. The van der Waals surface area contributed by atoms with Gasteiger partial charge in [-0.1, -0.05) is 12.1 Å². The van der Waals surface area contributed by atoms with Gasteiger partial charge in [0.15, 0.2) is 23.3 Å². The van der Waals surface area contributed by atoms with Crippen LogP contribution in [0.1, 0.15) is 16.1 Å². The predicted octanol–water partition coefficient (Wildman–Crippen LogP) is 1.71. The molecule has 0 fully saturated rings. The molecule has 2 N–H and O–H groups in total. The Kier molecular flexibility index (Phi) is 4.23. The molecule has 0 bridgehead atoms. The number of furan rings is 1. The van der Waals surface area contributed by atoms with Crippen molar-refractivity contribution >= 4 is 22.8 Å². The highest BCUT2D eigenvalue weighted by Gasteiger charge is 2.22. The lowest BCUT2D eigenvalue weighted by Gasteiger charge is -2.10. The molecule has 0 saturated heterocycles. The topological polar surface area (TPSA) is 88.8 Å². The first kappa shape index (κ1) is 15.0. The van der Waals surface area contributed by atoms with E-state index in [4.69, 9.17) is 14.3 Å². The molecular weight excluding hydrogens is 281 g/mol. The number of carboxylic acid groups (broad SMARTS) is 1. The van der Waals surface area contributed by atoms with E-state index in [0.717, 1.165) is 0 Å². The van der Waals surface area contributed by atoms with Crippen molar-refractivity contribution in [2.75, 3.05) is 13.7 Å². The van der Waals surface area contributed by atoms with Gasteiger partial charge in [-0.25, -0.2) is 9.18 Å². The molecule has 7 heteroatoms. The Morgan fingerprint density at radius 3 is 2.76 bits per heavy atom. The molecule has 0 saturated carbocycles. The second-order valence-electron chi connectivity index (χ2n) is 4.45. The van der Waals surface area contributed by atoms with Crippen molar-refractivity contribution in [2.45, 2.75) is 13.0 Å². The highest BCUT2D eigenvalue weighted by Crippen LogP contribution is 2.27. The molecule has 1 unspecified atom stereocenters. The number of carbonyl (C=O) groups excluding carboxylic acids is 1. The van der Waals surface area contributed by atoms with E-state index in [1.54, 1.807) is 13.0 Å². The van der Waals surface area contributed by atoms with E-state index in [0.29, 0.717) is 10.9 Å². The minimum atomic E-state index is -1.19. The van der Waals surface area contributed by atoms with Gasteiger partial charge in [-0.3, -0.25) is 4.79 Å². The number of fused-ring (bicyclic) bond motifs is 1. The molecule has 0 aliphatic heterocycles. The van der Waals surface area contributed by atoms with Crippen LogP contribution in [0.5, 0.6) is 0 Å². The number of benzene rings is 1. The van der Waals surface area contributed by atoms with Crippen LogP contribution < -0.4 is 5.32 Å². The number of carbonyl (C=O) groups is 2. The summed E-state index contributed by atoms with van der Waals surface area (Å²) < 4.78 is 23.5. The minimum Gasteiger partial charge on any atom is -0.479 e. The average molecular weight is 295 g/mol. The first-order valence-electron chi connectivity index (χ1n) is 6.17. The van der Waals surface area contributed by atoms with Crippen molar-refractivity contribution in [1.82, 2.24) is 5.32 Å². The number of aliphatic carboxylic acids is 1. The molecule has 1 heterocycles. The summed E-state index contributed by atoms with van der Waals surface area (Å²) in [6.07, 6.45) is -1.16. The summed E-state index contributed by atoms with van der Waals surface area (Å²) >= 11 is 0. The Morgan fingerprint density at radius 1 is 1.48 bits per heavy atom. The number of nitrogens with one attached hydrogen (secondary N) is 1. The number of amides is 1. The van der Waals surface area contributed by atoms with Gasteiger partial charge in [-0.05, 0) is 13.0 Å². The molecule has 21 heavy (non-hydrogen) atoms. The van der Waals surface area contributed by atoms with E-state index in [1.807, 2.05) is 0 Å². The molecule has 0 aliphatic rings. The lowest BCUT2D eigenvalue weighted by molar-refractivity contribution is -0.148. The monoisotopic (exact) mass is 295 g/mol. The van der Waals surface area contributed by atoms with E-state index >= 15 is 0 Å². The molecule has 112 valence electrons. The number of aryl methyl sites for hydroxylation is 1. The highest BCUT2D eigenvalue weighted by molar-refractivity contribution is 5.99. The standard InChI is InChI=1S/C14H14FNO5/c1-7-8-4-3-5-9(15)12(8)21-11(7)13(17)16-6-10(20-2)14(18)19/h3-5,10H,6H2,1-2H3,(H,16,17)(H,18,19). The maximum atomic E-state index is 13.6. The second-order valence-corrected chi connectivity index (χ2v) is 4.45. The fraction of sp³-hybridized carbons (Fsp3) is 0.286. The van der Waals surface area contributed by atoms with Gasteiger partial charge in [0.25, 0.3) is 5.91 Å². The van der Waals surface area contributed by atoms with Crippen LogP contribution in [0, 0.1) is 12.7 Å². The molecule has 1 aromatic carbocycles. The van der Waals surface area contributed by atoms with Crippen LogP contribution in [0.15, 0.2) is 22.6 Å². The number of rotatable bonds is 5. The summed E-state index contributed by atoms with van der Waals surface area (Å²) in [6, 6.07) is 4.40. The number of hydrogen-bond donors (Lipinski definition) is 2. The number of carboxylic acids is 1. The summed E-state index contributed by atoms with van der Waals surface area (Å²) in [5, 5.41) is 11.7. The molecule has 0 spiro atoms. The summed E-state index contributed by atoms with van der Waals surface area (Å²) in [4.78, 5) is 22.8. The quantitative estimate of drug-likeness (QED) is 0.876. The average Bonchev–Trinajstić information content (AvgIpc) is 2.78. The zero-order chi connectivity index (χ0) is 15.6. The van der Waals surface area contributed by atoms with Gasteiger partial charge in [0.2, 0.25) is 0 Å². The van der Waals surface area contributed by atoms with Gasteiger partial charge in [0, 0.05) is 18.1 Å². The van der Waals surface area contributed by atoms with E-state index in [-0.39, 0.29) is 17.9 Å². The van der Waals surface area contributed by atoms with Crippen LogP contribution >= 0.6 is 0 Å². The fourth-order valence-corrected chi connectivity index (χ4v) is 1.96. The highest BCUT2D eigenvalue weighted by atomic mass is 19.1. The summed E-state index contributed by atoms with van der Waals surface area (Å²) in [5.74, 6) is -2.41. The third kappa shape index (κ3) is 2.87. The number of methoxy groups -OCH3 is 1. The minimum absolute atomic E-state index is 0.00155. The number of ether oxygens (including phenoxy) is 1. The molecule has 1 amide bonds. The van der Waals surface area contributed by atoms with E-state index in [9.17, 15) is 14.0 Å². The number of halogens is 1. The Labute approximate surface area is 119 Å². The maximum absolute atomic E-state index is 13.6. The summed E-state index contributed by atoms with van der Waals surface area (Å²) in [7, 11) is 1.23. The Hall–Kier alpha value is -2.41. The molecule has 6 nitrogen and oxygen atoms in total. The van der Waals surface area contributed by atoms with Crippen LogP contribution in [-0.4, -0.2) is 36.7 Å². The van der Waals surface area contributed by atoms with Gasteiger partial charge >= 0.3 is 5.97 Å². The fourth-order valence-electron chi connectivity index (χ4n) is 1.96. The molecular formula is C14H14FNO5. The Morgan fingerprint density at radius 2 is 2.19 bits per heavy atom. The molecule has 1 aromatic heterocycles. The van der Waals surface area contributed by atoms with Crippen LogP contribution in [0.4, 0.5) is 4.39 Å². The van der Waals surface area contributed by atoms with Crippen LogP contribution in [0.2, 0.25) is 0 Å². The van der Waals surface area contributed by atoms with Crippen molar-refractivity contribution in [3.63, 3.8) is 0 Å². The maximum Gasteiger partial charge on any atom is 0.334 e. The summed E-state index contributed by atoms with van der Waals surface area (Å²) in [6.45, 7) is 1.41. The second kappa shape index (κ2) is 5.92. The smallest absolute Gasteiger partial charge is 0.334 e. The Bertz CT molecular complexity index is 694. The predicted molar refractivity (Wildman–Crippen MR) is 71.7 cm³/mol. The van der Waals surface area contributed by atoms with Gasteiger partial charge in [-0.2, -0.15) is 0 Å². The van der Waals surface area contributed by atoms with Crippen molar-refractivity contribution in [2.24, 2.45) is 0 Å². The van der Waals surface area contributed by atoms with Crippen LogP contribution in [-0.2, 0) is 9.53 Å². The van der Waals surface area contributed by atoms with E-state index < -0.39 is 23.8 Å². The third-order valence-electron chi connectivity index (χ3n) is 3.13. The molecule has 0 aliphatic carbocycles. The van der Waals surface area contributed by atoms with E-state index in [1.165, 1.54) is 19.2 Å². The SMILES string of the molecule is COC(CNC(=O)c1oc2c(F)cccc2c1C)C(=O)O. The molecule has 2 rings (SSSR count). The molecule has 2 aromatic rings. The summed E-state index contributed by atoms with van der Waals surface area (Å²) in [5.41, 5.74) is 0.493. The molecule has 0 radical (unpaired) electrons. The zero-order valence-corrected chi connectivity index (χ0v) is 11.5. The van der Waals surface area contributed by atoms with Crippen LogP contribution in [0.25, 0.3) is 11.0 Å². The van der Waals surface area contributed by atoms with Gasteiger partial charge < -0.3 is 19.6 Å². The first-order chi connectivity index (χ1) is 9.95. The third-order valence-corrected chi connectivity index (χ3v) is 3.13.